The van der Waals surface area contributed by atoms with Crippen molar-refractivity contribution in [2.24, 2.45) is 0 Å². The number of H-pyrrole nitrogens is 1. The van der Waals surface area contributed by atoms with Crippen molar-refractivity contribution >= 4 is 17.7 Å². The summed E-state index contributed by atoms with van der Waals surface area (Å²) in [5.41, 5.74) is -0.434. The molecule has 0 unspecified atom stereocenters. The van der Waals surface area contributed by atoms with Crippen LogP contribution in [0.25, 0.3) is 0 Å². The molecule has 2 aliphatic rings. The van der Waals surface area contributed by atoms with E-state index in [0.717, 1.165) is 12.2 Å². The molecule has 2 aliphatic heterocycles. The van der Waals surface area contributed by atoms with Crippen LogP contribution in [0.4, 0.5) is 0 Å². The molecular weight excluding hydrogens is 356 g/mol. The van der Waals surface area contributed by atoms with E-state index >= 15 is 0 Å². The van der Waals surface area contributed by atoms with E-state index in [1.807, 2.05) is 6.07 Å². The number of thioether (sulfide) groups is 1. The van der Waals surface area contributed by atoms with Crippen LogP contribution in [0.1, 0.15) is 29.4 Å². The topological polar surface area (TPSA) is 90.4 Å². The molecule has 4 rings (SSSR count). The van der Waals surface area contributed by atoms with Crippen molar-refractivity contribution in [3.8, 4) is 0 Å². The lowest BCUT2D eigenvalue weighted by molar-refractivity contribution is -0.0401. The number of nitrogens with one attached hydrogen (secondary N) is 1. The summed E-state index contributed by atoms with van der Waals surface area (Å²) in [5.74, 6) is 0.600. The third-order valence-corrected chi connectivity index (χ3v) is 6.33. The Balaban J connectivity index is 1.48. The van der Waals surface area contributed by atoms with Crippen LogP contribution in [0, 0.1) is 0 Å². The van der Waals surface area contributed by atoms with E-state index in [1.54, 1.807) is 36.0 Å². The number of aromatic amines is 1. The van der Waals surface area contributed by atoms with Crippen LogP contribution in [0.5, 0.6) is 0 Å². The largest absolute Gasteiger partial charge is 0.459 e. The first kappa shape index (κ1) is 17.1. The molecule has 8 heteroatoms. The van der Waals surface area contributed by atoms with Crippen LogP contribution in [-0.4, -0.2) is 38.7 Å². The molecular formula is C18H18N2O5S. The van der Waals surface area contributed by atoms with Gasteiger partial charge in [0.15, 0.2) is 6.23 Å². The third-order valence-electron chi connectivity index (χ3n) is 4.77. The van der Waals surface area contributed by atoms with Crippen molar-refractivity contribution in [1.82, 2.24) is 9.55 Å². The standard InChI is InChI=1S/C18H18N2O5S/c21-14-6-8-20(17(23)19-14)16-18(7-9-26-18)10-13(25-16)11-24-15(22)12-4-2-1-3-5-12/h1-6,8,13,16H,7,9-11H2,(H,19,21,23)/t13-,16+,18+/m0/s1. The summed E-state index contributed by atoms with van der Waals surface area (Å²) in [6, 6.07) is 10.1. The van der Waals surface area contributed by atoms with Crippen LogP contribution >= 0.6 is 11.8 Å². The van der Waals surface area contributed by atoms with Crippen molar-refractivity contribution in [2.45, 2.75) is 29.9 Å². The van der Waals surface area contributed by atoms with E-state index in [0.29, 0.717) is 12.0 Å². The molecule has 0 radical (unpaired) electrons. The Labute approximate surface area is 153 Å². The molecule has 0 aliphatic carbocycles. The summed E-state index contributed by atoms with van der Waals surface area (Å²) in [7, 11) is 0. The minimum absolute atomic E-state index is 0.130. The molecule has 3 atom stereocenters. The molecule has 3 heterocycles. The molecule has 2 aromatic rings. The first-order chi connectivity index (χ1) is 12.6. The summed E-state index contributed by atoms with van der Waals surface area (Å²) in [6.07, 6.45) is 2.29. The fraction of sp³-hybridized carbons (Fsp3) is 0.389. The summed E-state index contributed by atoms with van der Waals surface area (Å²) in [6.45, 7) is 0.130. The SMILES string of the molecule is O=C(OC[C@@H]1C[C@]2(CCS2)[C@H](n2ccc(=O)[nH]c2=O)O1)c1ccccc1. The monoisotopic (exact) mass is 374 g/mol. The van der Waals surface area contributed by atoms with Crippen molar-refractivity contribution < 1.29 is 14.3 Å². The van der Waals surface area contributed by atoms with Gasteiger partial charge in [-0.2, -0.15) is 11.8 Å². The quantitative estimate of drug-likeness (QED) is 0.817. The second kappa shape index (κ2) is 6.77. The highest BCUT2D eigenvalue weighted by atomic mass is 32.2. The van der Waals surface area contributed by atoms with Gasteiger partial charge in [0, 0.05) is 12.3 Å². The lowest BCUT2D eigenvalue weighted by atomic mass is 9.97. The Bertz CT molecular complexity index is 919. The maximum Gasteiger partial charge on any atom is 0.338 e. The molecule has 7 nitrogen and oxygen atoms in total. The minimum Gasteiger partial charge on any atom is -0.459 e. The molecule has 1 spiro atoms. The lowest BCUT2D eigenvalue weighted by Gasteiger charge is -2.41. The zero-order chi connectivity index (χ0) is 18.1. The van der Waals surface area contributed by atoms with Gasteiger partial charge in [0.25, 0.3) is 5.56 Å². The number of aromatic nitrogens is 2. The number of rotatable bonds is 4. The predicted molar refractivity (Wildman–Crippen MR) is 96.4 cm³/mol. The van der Waals surface area contributed by atoms with Crippen molar-refractivity contribution in [2.75, 3.05) is 12.4 Å². The fourth-order valence-corrected chi connectivity index (χ4v) is 4.76. The normalized spacial score (nSPS) is 27.2. The van der Waals surface area contributed by atoms with Crippen LogP contribution in [0.3, 0.4) is 0 Å². The lowest BCUT2D eigenvalue weighted by Crippen LogP contribution is -2.44. The number of nitrogens with zero attached hydrogens (tertiary/aromatic N) is 1. The van der Waals surface area contributed by atoms with Gasteiger partial charge >= 0.3 is 11.7 Å². The molecule has 2 fully saturated rings. The summed E-state index contributed by atoms with van der Waals surface area (Å²) < 4.78 is 12.7. The van der Waals surface area contributed by atoms with Gasteiger partial charge in [0.1, 0.15) is 6.61 Å². The van der Waals surface area contributed by atoms with Gasteiger partial charge in [0.2, 0.25) is 0 Å². The molecule has 0 saturated carbocycles. The second-order valence-electron chi connectivity index (χ2n) is 6.46. The third kappa shape index (κ3) is 3.10. The van der Waals surface area contributed by atoms with Gasteiger partial charge in [-0.15, -0.1) is 0 Å². The zero-order valence-electron chi connectivity index (χ0n) is 13.9. The Hall–Kier alpha value is -2.32. The zero-order valence-corrected chi connectivity index (χ0v) is 14.7. The second-order valence-corrected chi connectivity index (χ2v) is 7.97. The van der Waals surface area contributed by atoms with E-state index in [2.05, 4.69) is 4.98 Å². The number of carbonyl (C=O) groups excluding carboxylic acids is 1. The molecule has 1 aromatic heterocycles. The molecule has 2 saturated heterocycles. The van der Waals surface area contributed by atoms with Gasteiger partial charge < -0.3 is 9.47 Å². The highest BCUT2D eigenvalue weighted by molar-refractivity contribution is 8.02. The van der Waals surface area contributed by atoms with Gasteiger partial charge in [-0.1, -0.05) is 18.2 Å². The van der Waals surface area contributed by atoms with Crippen LogP contribution < -0.4 is 11.2 Å². The smallest absolute Gasteiger partial charge is 0.338 e. The molecule has 1 N–H and O–H groups in total. The Morgan fingerprint density at radius 1 is 1.31 bits per heavy atom. The van der Waals surface area contributed by atoms with E-state index in [4.69, 9.17) is 9.47 Å². The molecule has 1 aromatic carbocycles. The Morgan fingerprint density at radius 3 is 2.73 bits per heavy atom. The fourth-order valence-electron chi connectivity index (χ4n) is 3.42. The van der Waals surface area contributed by atoms with Crippen molar-refractivity contribution in [3.05, 3.63) is 69.0 Å². The first-order valence-electron chi connectivity index (χ1n) is 8.40. The minimum atomic E-state index is -0.490. The van der Waals surface area contributed by atoms with E-state index in [1.165, 1.54) is 16.8 Å². The molecule has 26 heavy (non-hydrogen) atoms. The summed E-state index contributed by atoms with van der Waals surface area (Å²) >= 11 is 1.75. The van der Waals surface area contributed by atoms with Crippen LogP contribution in [-0.2, 0) is 9.47 Å². The van der Waals surface area contributed by atoms with Gasteiger partial charge in [-0.25, -0.2) is 9.59 Å². The van der Waals surface area contributed by atoms with Crippen LogP contribution in [0.15, 0.2) is 52.2 Å². The maximum atomic E-state index is 12.1. The average Bonchev–Trinajstić information content (AvgIpc) is 3.00. The maximum absolute atomic E-state index is 12.1. The number of benzene rings is 1. The molecule has 0 bridgehead atoms. The predicted octanol–water partition coefficient (Wildman–Crippen LogP) is 1.56. The van der Waals surface area contributed by atoms with Crippen molar-refractivity contribution in [1.29, 1.82) is 0 Å². The number of carbonyl (C=O) groups is 1. The first-order valence-corrected chi connectivity index (χ1v) is 9.39. The van der Waals surface area contributed by atoms with E-state index < -0.39 is 23.4 Å². The number of ether oxygens (including phenoxy) is 2. The van der Waals surface area contributed by atoms with Gasteiger partial charge in [0.05, 0.1) is 16.4 Å². The Morgan fingerprint density at radius 2 is 2.08 bits per heavy atom. The Kier molecular flexibility index (Phi) is 4.46. The molecule has 136 valence electrons. The summed E-state index contributed by atoms with van der Waals surface area (Å²) in [4.78, 5) is 37.8. The summed E-state index contributed by atoms with van der Waals surface area (Å²) in [5, 5.41) is 0. The van der Waals surface area contributed by atoms with E-state index in [9.17, 15) is 14.4 Å². The number of hydrogen-bond donors (Lipinski definition) is 1. The average molecular weight is 374 g/mol. The highest BCUT2D eigenvalue weighted by Crippen LogP contribution is 2.56. The molecule has 0 amide bonds. The van der Waals surface area contributed by atoms with Crippen LogP contribution in [0.2, 0.25) is 0 Å². The van der Waals surface area contributed by atoms with Gasteiger partial charge in [-0.05, 0) is 30.7 Å². The van der Waals surface area contributed by atoms with E-state index in [-0.39, 0.29) is 17.5 Å². The highest BCUT2D eigenvalue weighted by Gasteiger charge is 2.54. The number of esters is 1. The van der Waals surface area contributed by atoms with Crippen molar-refractivity contribution in [3.63, 3.8) is 0 Å². The number of hydrogen-bond acceptors (Lipinski definition) is 6. The van der Waals surface area contributed by atoms with Gasteiger partial charge in [-0.3, -0.25) is 14.3 Å².